The molecular formula is C15H21ClN2O2. The van der Waals surface area contributed by atoms with Gasteiger partial charge in [-0.05, 0) is 44.4 Å². The number of anilines is 1. The van der Waals surface area contributed by atoms with Crippen molar-refractivity contribution in [2.75, 3.05) is 25.0 Å². The van der Waals surface area contributed by atoms with Gasteiger partial charge in [0.1, 0.15) is 0 Å². The predicted octanol–water partition coefficient (Wildman–Crippen LogP) is 3.07. The molecule has 0 bridgehead atoms. The number of amides is 1. The Morgan fingerprint density at radius 3 is 3.05 bits per heavy atom. The van der Waals surface area contributed by atoms with Gasteiger partial charge in [-0.25, -0.2) is 0 Å². The van der Waals surface area contributed by atoms with E-state index >= 15 is 0 Å². The minimum absolute atomic E-state index is 0.0959. The molecule has 5 heteroatoms. The van der Waals surface area contributed by atoms with Crippen LogP contribution in [0.3, 0.4) is 0 Å². The van der Waals surface area contributed by atoms with Crippen molar-refractivity contribution < 1.29 is 9.53 Å². The third kappa shape index (κ3) is 4.12. The summed E-state index contributed by atoms with van der Waals surface area (Å²) in [5, 5.41) is 6.67. The molecule has 110 valence electrons. The van der Waals surface area contributed by atoms with E-state index in [-0.39, 0.29) is 5.91 Å². The van der Waals surface area contributed by atoms with Crippen LogP contribution in [-0.2, 0) is 4.74 Å². The molecule has 4 nitrogen and oxygen atoms in total. The van der Waals surface area contributed by atoms with E-state index in [4.69, 9.17) is 16.3 Å². The predicted molar refractivity (Wildman–Crippen MR) is 81.5 cm³/mol. The van der Waals surface area contributed by atoms with E-state index in [2.05, 4.69) is 10.6 Å². The maximum atomic E-state index is 12.2. The number of nitrogens with one attached hydrogen (secondary N) is 2. The van der Waals surface area contributed by atoms with Crippen LogP contribution in [0, 0.1) is 0 Å². The number of hydrogen-bond acceptors (Lipinski definition) is 3. The number of benzene rings is 1. The largest absolute Gasteiger partial charge is 0.385 e. The first-order chi connectivity index (χ1) is 9.70. The van der Waals surface area contributed by atoms with Crippen molar-refractivity contribution in [3.63, 3.8) is 0 Å². The first-order valence-corrected chi connectivity index (χ1v) is 7.51. The van der Waals surface area contributed by atoms with Gasteiger partial charge in [-0.3, -0.25) is 4.79 Å². The van der Waals surface area contributed by atoms with Gasteiger partial charge >= 0.3 is 0 Å². The van der Waals surface area contributed by atoms with E-state index in [1.807, 2.05) is 13.0 Å². The van der Waals surface area contributed by atoms with Crippen molar-refractivity contribution in [1.29, 1.82) is 0 Å². The Hall–Kier alpha value is -1.26. The smallest absolute Gasteiger partial charge is 0.253 e. The van der Waals surface area contributed by atoms with Crippen LogP contribution in [0.25, 0.3) is 0 Å². The van der Waals surface area contributed by atoms with Gasteiger partial charge in [0, 0.05) is 30.4 Å². The third-order valence-electron chi connectivity index (χ3n) is 3.37. The lowest BCUT2D eigenvalue weighted by atomic mass is 10.1. The summed E-state index contributed by atoms with van der Waals surface area (Å²) in [6.07, 6.45) is 3.37. The highest BCUT2D eigenvalue weighted by atomic mass is 35.5. The molecule has 1 aromatic carbocycles. The van der Waals surface area contributed by atoms with Gasteiger partial charge in [0.05, 0.1) is 11.7 Å². The Balaban J connectivity index is 1.91. The summed E-state index contributed by atoms with van der Waals surface area (Å²) in [5.41, 5.74) is 1.40. The number of rotatable bonds is 6. The van der Waals surface area contributed by atoms with E-state index in [0.29, 0.717) is 23.2 Å². The number of ether oxygens (including phenoxy) is 1. The Kier molecular flexibility index (Phi) is 5.68. The molecule has 1 fully saturated rings. The molecule has 1 aliphatic rings. The quantitative estimate of drug-likeness (QED) is 0.848. The average Bonchev–Trinajstić information content (AvgIpc) is 2.94. The Labute approximate surface area is 124 Å². The fourth-order valence-electron chi connectivity index (χ4n) is 2.36. The van der Waals surface area contributed by atoms with Crippen LogP contribution in [0.5, 0.6) is 0 Å². The Bertz CT molecular complexity index is 459. The molecule has 1 aromatic rings. The minimum Gasteiger partial charge on any atom is -0.385 e. The molecule has 1 aliphatic heterocycles. The van der Waals surface area contributed by atoms with Crippen LogP contribution in [0.2, 0.25) is 5.02 Å². The number of carbonyl (C=O) groups is 1. The molecule has 2 N–H and O–H groups in total. The van der Waals surface area contributed by atoms with E-state index in [9.17, 15) is 4.79 Å². The second kappa shape index (κ2) is 7.50. The lowest BCUT2D eigenvalue weighted by Crippen LogP contribution is -2.27. The molecule has 0 radical (unpaired) electrons. The van der Waals surface area contributed by atoms with Gasteiger partial charge in [0.25, 0.3) is 5.91 Å². The number of carbonyl (C=O) groups excluding carboxylic acids is 1. The molecule has 2 rings (SSSR count). The summed E-state index contributed by atoms with van der Waals surface area (Å²) in [5.74, 6) is -0.0959. The van der Waals surface area contributed by atoms with Crippen molar-refractivity contribution in [2.24, 2.45) is 0 Å². The molecule has 0 spiro atoms. The highest BCUT2D eigenvalue weighted by Gasteiger charge is 2.16. The van der Waals surface area contributed by atoms with E-state index in [1.165, 1.54) is 0 Å². The molecule has 1 unspecified atom stereocenters. The molecule has 0 aromatic heterocycles. The van der Waals surface area contributed by atoms with Crippen LogP contribution >= 0.6 is 11.6 Å². The SMILES string of the molecule is CCNc1ccc(Cl)cc1C(=O)NCCC1CCCO1. The summed E-state index contributed by atoms with van der Waals surface area (Å²) in [6, 6.07) is 5.31. The minimum atomic E-state index is -0.0959. The van der Waals surface area contributed by atoms with Crippen molar-refractivity contribution in [1.82, 2.24) is 5.32 Å². The van der Waals surface area contributed by atoms with Crippen LogP contribution in [0.15, 0.2) is 18.2 Å². The summed E-state index contributed by atoms with van der Waals surface area (Å²) in [6.45, 7) is 4.23. The van der Waals surface area contributed by atoms with Gasteiger partial charge in [0.15, 0.2) is 0 Å². The van der Waals surface area contributed by atoms with Gasteiger partial charge in [-0.2, -0.15) is 0 Å². The van der Waals surface area contributed by atoms with Gasteiger partial charge in [-0.15, -0.1) is 0 Å². The first kappa shape index (κ1) is 15.1. The summed E-state index contributed by atoms with van der Waals surface area (Å²) < 4.78 is 5.54. The van der Waals surface area contributed by atoms with E-state index in [0.717, 1.165) is 38.1 Å². The molecule has 1 saturated heterocycles. The average molecular weight is 297 g/mol. The lowest BCUT2D eigenvalue weighted by molar-refractivity contribution is 0.0908. The zero-order chi connectivity index (χ0) is 14.4. The second-order valence-corrected chi connectivity index (χ2v) is 5.34. The number of halogens is 1. The normalized spacial score (nSPS) is 18.0. The summed E-state index contributed by atoms with van der Waals surface area (Å²) in [4.78, 5) is 12.2. The molecule has 0 saturated carbocycles. The van der Waals surface area contributed by atoms with E-state index < -0.39 is 0 Å². The van der Waals surface area contributed by atoms with Crippen LogP contribution in [0.1, 0.15) is 36.5 Å². The zero-order valence-electron chi connectivity index (χ0n) is 11.7. The zero-order valence-corrected chi connectivity index (χ0v) is 12.5. The maximum absolute atomic E-state index is 12.2. The van der Waals surface area contributed by atoms with Crippen molar-refractivity contribution in [3.05, 3.63) is 28.8 Å². The standard InChI is InChI=1S/C15H21ClN2O2/c1-2-17-14-6-5-11(16)10-13(14)15(19)18-8-7-12-4-3-9-20-12/h5-6,10,12,17H,2-4,7-9H2,1H3,(H,18,19). The number of hydrogen-bond donors (Lipinski definition) is 2. The van der Waals surface area contributed by atoms with Gasteiger partial charge < -0.3 is 15.4 Å². The van der Waals surface area contributed by atoms with Crippen LogP contribution in [0.4, 0.5) is 5.69 Å². The van der Waals surface area contributed by atoms with Gasteiger partial charge in [-0.1, -0.05) is 11.6 Å². The monoisotopic (exact) mass is 296 g/mol. The fourth-order valence-corrected chi connectivity index (χ4v) is 2.53. The molecule has 0 aliphatic carbocycles. The van der Waals surface area contributed by atoms with E-state index in [1.54, 1.807) is 12.1 Å². The van der Waals surface area contributed by atoms with Crippen molar-refractivity contribution in [2.45, 2.75) is 32.3 Å². The lowest BCUT2D eigenvalue weighted by Gasteiger charge is -2.13. The molecule has 1 atom stereocenters. The first-order valence-electron chi connectivity index (χ1n) is 7.14. The summed E-state index contributed by atoms with van der Waals surface area (Å²) >= 11 is 5.97. The van der Waals surface area contributed by atoms with Crippen molar-refractivity contribution >= 4 is 23.2 Å². The molecule has 1 amide bonds. The van der Waals surface area contributed by atoms with Gasteiger partial charge in [0.2, 0.25) is 0 Å². The second-order valence-electron chi connectivity index (χ2n) is 4.90. The fraction of sp³-hybridized carbons (Fsp3) is 0.533. The third-order valence-corrected chi connectivity index (χ3v) is 3.60. The molecule has 1 heterocycles. The van der Waals surface area contributed by atoms with Crippen molar-refractivity contribution in [3.8, 4) is 0 Å². The van der Waals surface area contributed by atoms with Crippen LogP contribution < -0.4 is 10.6 Å². The molecule has 20 heavy (non-hydrogen) atoms. The maximum Gasteiger partial charge on any atom is 0.253 e. The highest BCUT2D eigenvalue weighted by Crippen LogP contribution is 2.21. The Morgan fingerprint density at radius 2 is 2.35 bits per heavy atom. The van der Waals surface area contributed by atoms with Crippen LogP contribution in [-0.4, -0.2) is 31.7 Å². The summed E-state index contributed by atoms with van der Waals surface area (Å²) in [7, 11) is 0. The Morgan fingerprint density at radius 1 is 1.50 bits per heavy atom. The topological polar surface area (TPSA) is 50.4 Å². The highest BCUT2D eigenvalue weighted by molar-refractivity contribution is 6.31. The molecular weight excluding hydrogens is 276 g/mol.